The van der Waals surface area contributed by atoms with E-state index in [1.165, 1.54) is 73.1 Å². The molecule has 0 radical (unpaired) electrons. The molecule has 43 heavy (non-hydrogen) atoms. The zero-order chi connectivity index (χ0) is 29.9. The molecule has 0 atom stereocenters. The number of benzene rings is 4. The molecule has 0 nitrogen and oxygen atoms in total. The van der Waals surface area contributed by atoms with E-state index in [1.54, 1.807) is 0 Å². The molecule has 3 heterocycles. The van der Waals surface area contributed by atoms with E-state index in [0.29, 0.717) is 0 Å². The summed E-state index contributed by atoms with van der Waals surface area (Å²) in [4.78, 5) is 2.68. The standard InChI is InChI=1S/C40H36S3/c1-39(2,3)27-15-11-13-25(21-27)29-17-7-9-19-31(29)33-23-35-37(42-33)38-36(41-35)24-34(43-38)32-20-10-8-18-30(32)26-14-12-16-28(22-26)40(4,5)6/h7-24H,1-6H3. The van der Waals surface area contributed by atoms with Gasteiger partial charge < -0.3 is 0 Å². The molecule has 0 aliphatic carbocycles. The van der Waals surface area contributed by atoms with Crippen LogP contribution < -0.4 is 0 Å². The van der Waals surface area contributed by atoms with Crippen LogP contribution >= 0.6 is 34.0 Å². The molecule has 0 spiro atoms. The van der Waals surface area contributed by atoms with E-state index in [-0.39, 0.29) is 10.8 Å². The third kappa shape index (κ3) is 5.29. The lowest BCUT2D eigenvalue weighted by atomic mass is 9.85. The molecule has 0 bridgehead atoms. The molecular formula is C40H36S3. The van der Waals surface area contributed by atoms with Crippen molar-refractivity contribution in [3.05, 3.63) is 120 Å². The van der Waals surface area contributed by atoms with Gasteiger partial charge in [-0.25, -0.2) is 0 Å². The minimum absolute atomic E-state index is 0.118. The molecule has 7 rings (SSSR count). The second-order valence-electron chi connectivity index (χ2n) is 13.5. The van der Waals surface area contributed by atoms with Crippen molar-refractivity contribution in [2.75, 3.05) is 0 Å². The number of thiophene rings is 3. The third-order valence-corrected chi connectivity index (χ3v) is 12.1. The largest absolute Gasteiger partial charge is 0.133 e. The van der Waals surface area contributed by atoms with Gasteiger partial charge in [0, 0.05) is 19.2 Å². The van der Waals surface area contributed by atoms with Crippen LogP contribution in [0, 0.1) is 0 Å². The maximum atomic E-state index is 2.41. The molecule has 0 saturated heterocycles. The molecule has 3 aromatic heterocycles. The van der Waals surface area contributed by atoms with E-state index in [9.17, 15) is 0 Å². The number of hydrogen-bond acceptors (Lipinski definition) is 3. The van der Waals surface area contributed by atoms with Crippen LogP contribution in [0.1, 0.15) is 52.7 Å². The molecule has 0 amide bonds. The van der Waals surface area contributed by atoms with Gasteiger partial charge in [0.15, 0.2) is 0 Å². The Bertz CT molecular complexity index is 1950. The minimum Gasteiger partial charge on any atom is -0.133 e. The quantitative estimate of drug-likeness (QED) is 0.185. The normalized spacial score (nSPS) is 12.4. The van der Waals surface area contributed by atoms with Crippen LogP contribution in [0.4, 0.5) is 0 Å². The zero-order valence-corrected chi connectivity index (χ0v) is 28.1. The Morgan fingerprint density at radius 1 is 0.395 bits per heavy atom. The fourth-order valence-corrected chi connectivity index (χ4v) is 9.91. The van der Waals surface area contributed by atoms with E-state index in [2.05, 4.69) is 151 Å². The van der Waals surface area contributed by atoms with Gasteiger partial charge in [0.25, 0.3) is 0 Å². The van der Waals surface area contributed by atoms with Gasteiger partial charge in [-0.05, 0) is 67.5 Å². The lowest BCUT2D eigenvalue weighted by Crippen LogP contribution is -2.10. The summed E-state index contributed by atoms with van der Waals surface area (Å²) in [6, 6.07) is 40.8. The Kier molecular flexibility index (Phi) is 6.97. The van der Waals surface area contributed by atoms with Crippen molar-refractivity contribution in [1.29, 1.82) is 0 Å². The zero-order valence-electron chi connectivity index (χ0n) is 25.6. The van der Waals surface area contributed by atoms with Crippen LogP contribution in [-0.2, 0) is 10.8 Å². The highest BCUT2D eigenvalue weighted by molar-refractivity contribution is 7.40. The summed E-state index contributed by atoms with van der Waals surface area (Å²) in [5.41, 5.74) is 10.8. The van der Waals surface area contributed by atoms with Crippen molar-refractivity contribution < 1.29 is 0 Å². The van der Waals surface area contributed by atoms with Crippen LogP contribution in [0.3, 0.4) is 0 Å². The second-order valence-corrected chi connectivity index (χ2v) is 16.7. The first kappa shape index (κ1) is 28.3. The Morgan fingerprint density at radius 2 is 0.791 bits per heavy atom. The Balaban J connectivity index is 1.30. The maximum Gasteiger partial charge on any atom is 0.0636 e. The highest BCUT2D eigenvalue weighted by Gasteiger charge is 2.20. The van der Waals surface area contributed by atoms with Crippen molar-refractivity contribution in [3.8, 4) is 43.1 Å². The molecule has 4 aromatic carbocycles. The van der Waals surface area contributed by atoms with Crippen molar-refractivity contribution in [2.24, 2.45) is 0 Å². The third-order valence-electron chi connectivity index (χ3n) is 8.29. The summed E-state index contributed by atoms with van der Waals surface area (Å²) >= 11 is 5.81. The molecule has 0 unspecified atom stereocenters. The number of fused-ring (bicyclic) bond motifs is 3. The summed E-state index contributed by atoms with van der Waals surface area (Å²) < 4.78 is 5.60. The molecule has 7 aromatic rings. The van der Waals surface area contributed by atoms with Gasteiger partial charge in [-0.2, -0.15) is 0 Å². The molecule has 0 saturated carbocycles. The van der Waals surface area contributed by atoms with Crippen LogP contribution in [0.25, 0.3) is 61.9 Å². The first-order valence-corrected chi connectivity index (χ1v) is 17.4. The average molecular weight is 613 g/mol. The smallest absolute Gasteiger partial charge is 0.0636 e. The van der Waals surface area contributed by atoms with E-state index < -0.39 is 0 Å². The summed E-state index contributed by atoms with van der Waals surface area (Å²) in [6.45, 7) is 13.7. The van der Waals surface area contributed by atoms with Crippen molar-refractivity contribution in [3.63, 3.8) is 0 Å². The monoisotopic (exact) mass is 612 g/mol. The summed E-state index contributed by atoms with van der Waals surface area (Å²) in [5, 5.41) is 0. The Hall–Kier alpha value is -3.50. The lowest BCUT2D eigenvalue weighted by Gasteiger charge is -2.20. The van der Waals surface area contributed by atoms with E-state index in [1.807, 2.05) is 34.0 Å². The van der Waals surface area contributed by atoms with E-state index >= 15 is 0 Å². The highest BCUT2D eigenvalue weighted by Crippen LogP contribution is 2.50. The Labute approximate surface area is 267 Å². The van der Waals surface area contributed by atoms with Crippen molar-refractivity contribution in [2.45, 2.75) is 52.4 Å². The van der Waals surface area contributed by atoms with Crippen molar-refractivity contribution >= 4 is 52.8 Å². The fraction of sp³-hybridized carbons (Fsp3) is 0.200. The number of hydrogen-bond donors (Lipinski definition) is 0. The lowest BCUT2D eigenvalue weighted by molar-refractivity contribution is 0.590. The second kappa shape index (κ2) is 10.6. The fourth-order valence-electron chi connectivity index (χ4n) is 5.81. The van der Waals surface area contributed by atoms with Gasteiger partial charge in [0.1, 0.15) is 0 Å². The Morgan fingerprint density at radius 3 is 1.19 bits per heavy atom. The molecule has 0 N–H and O–H groups in total. The molecule has 0 aliphatic heterocycles. The SMILES string of the molecule is CC(C)(C)c1cccc(-c2ccccc2-c2cc3sc4cc(-c5ccccc5-c5cccc(C(C)(C)C)c5)sc4c3s2)c1. The predicted octanol–water partition coefficient (Wildman–Crippen LogP) is 13.4. The summed E-state index contributed by atoms with van der Waals surface area (Å²) in [5.74, 6) is 0. The van der Waals surface area contributed by atoms with Gasteiger partial charge in [-0.1, -0.05) is 139 Å². The van der Waals surface area contributed by atoms with Crippen LogP contribution in [0.5, 0.6) is 0 Å². The summed E-state index contributed by atoms with van der Waals surface area (Å²) in [7, 11) is 0. The van der Waals surface area contributed by atoms with Crippen LogP contribution in [-0.4, -0.2) is 0 Å². The molecule has 3 heteroatoms. The average Bonchev–Trinajstić information content (AvgIpc) is 3.68. The van der Waals surface area contributed by atoms with Crippen LogP contribution in [0.2, 0.25) is 0 Å². The first-order chi connectivity index (χ1) is 20.6. The molecule has 214 valence electrons. The maximum absolute atomic E-state index is 2.41. The van der Waals surface area contributed by atoms with Gasteiger partial charge in [-0.15, -0.1) is 34.0 Å². The number of rotatable bonds is 4. The van der Waals surface area contributed by atoms with E-state index in [0.717, 1.165) is 0 Å². The van der Waals surface area contributed by atoms with Gasteiger partial charge in [-0.3, -0.25) is 0 Å². The first-order valence-electron chi connectivity index (χ1n) is 14.9. The van der Waals surface area contributed by atoms with E-state index in [4.69, 9.17) is 0 Å². The van der Waals surface area contributed by atoms with Crippen molar-refractivity contribution in [1.82, 2.24) is 0 Å². The van der Waals surface area contributed by atoms with Gasteiger partial charge in [0.2, 0.25) is 0 Å². The molecule has 0 aliphatic rings. The highest BCUT2D eigenvalue weighted by atomic mass is 32.1. The van der Waals surface area contributed by atoms with Gasteiger partial charge in [0.05, 0.1) is 9.40 Å². The summed E-state index contributed by atoms with van der Waals surface area (Å²) in [6.07, 6.45) is 0. The molecule has 0 fully saturated rings. The topological polar surface area (TPSA) is 0 Å². The minimum atomic E-state index is 0.118. The van der Waals surface area contributed by atoms with Crippen LogP contribution in [0.15, 0.2) is 109 Å². The van der Waals surface area contributed by atoms with Gasteiger partial charge >= 0.3 is 0 Å². The predicted molar refractivity (Wildman–Crippen MR) is 194 cm³/mol. The molecular weight excluding hydrogens is 577 g/mol.